The molecular weight excluding hydrogens is 290 g/mol. The molecule has 7 nitrogen and oxygen atoms in total. The molecule has 0 atom stereocenters. The molecule has 0 saturated carbocycles. The Morgan fingerprint density at radius 1 is 1.48 bits per heavy atom. The predicted octanol–water partition coefficient (Wildman–Crippen LogP) is 1.47. The lowest BCUT2D eigenvalue weighted by molar-refractivity contribution is 0.598. The molecule has 0 spiro atoms. The fraction of sp³-hybridized carbons (Fsp3) is 0.231. The van der Waals surface area contributed by atoms with E-state index in [1.165, 1.54) is 24.4 Å². The van der Waals surface area contributed by atoms with Crippen molar-refractivity contribution in [1.29, 1.82) is 5.26 Å². The van der Waals surface area contributed by atoms with Gasteiger partial charge in [-0.3, -0.25) is 4.72 Å². The van der Waals surface area contributed by atoms with Crippen molar-refractivity contribution in [3.8, 4) is 6.07 Å². The summed E-state index contributed by atoms with van der Waals surface area (Å²) >= 11 is 0. The van der Waals surface area contributed by atoms with Gasteiger partial charge >= 0.3 is 0 Å². The fourth-order valence-corrected chi connectivity index (χ4v) is 2.96. The maximum atomic E-state index is 12.3. The topological polar surface area (TPSA) is 114 Å². The molecule has 1 aromatic heterocycles. The molecule has 0 unspecified atom stereocenters. The Bertz CT molecular complexity index is 818. The molecule has 0 aliphatic heterocycles. The fourth-order valence-electron chi connectivity index (χ4n) is 1.87. The van der Waals surface area contributed by atoms with Crippen molar-refractivity contribution in [2.45, 2.75) is 25.4 Å². The first-order chi connectivity index (χ1) is 9.87. The summed E-state index contributed by atoms with van der Waals surface area (Å²) in [4.78, 5) is 4.03. The van der Waals surface area contributed by atoms with Gasteiger partial charge in [0, 0.05) is 18.4 Å². The summed E-state index contributed by atoms with van der Waals surface area (Å²) in [7, 11) is -3.84. The van der Waals surface area contributed by atoms with E-state index in [9.17, 15) is 8.42 Å². The number of nitrogens with two attached hydrogens (primary N) is 1. The van der Waals surface area contributed by atoms with Crippen LogP contribution in [0.4, 0.5) is 11.4 Å². The van der Waals surface area contributed by atoms with E-state index >= 15 is 0 Å². The number of nitrogens with zero attached hydrogens (tertiary/aromatic N) is 3. The molecule has 1 heterocycles. The maximum Gasteiger partial charge on any atom is 0.280 e. The summed E-state index contributed by atoms with van der Waals surface area (Å²) in [5, 5.41) is 8.96. The summed E-state index contributed by atoms with van der Waals surface area (Å²) in [5.74, 6) is 0.607. The minimum absolute atomic E-state index is 0.0810. The first kappa shape index (κ1) is 14.9. The molecule has 8 heteroatoms. The highest BCUT2D eigenvalue weighted by Crippen LogP contribution is 2.21. The standard InChI is InChI=1S/C13H15N5O2S/c1-3-18-8-13(16-9(18)2)21(19,20)17-12-5-4-11(15)6-10(12)7-14/h4-6,8,17H,3,15H2,1-2H3. The number of sulfonamides is 1. The molecule has 110 valence electrons. The second kappa shape index (κ2) is 5.46. The lowest BCUT2D eigenvalue weighted by Crippen LogP contribution is -2.14. The van der Waals surface area contributed by atoms with Crippen molar-refractivity contribution in [3.63, 3.8) is 0 Å². The summed E-state index contributed by atoms with van der Waals surface area (Å²) in [5.41, 5.74) is 6.30. The molecule has 2 aromatic rings. The van der Waals surface area contributed by atoms with Gasteiger partial charge < -0.3 is 10.3 Å². The van der Waals surface area contributed by atoms with Crippen LogP contribution in [0, 0.1) is 18.3 Å². The van der Waals surface area contributed by atoms with E-state index in [0.29, 0.717) is 18.1 Å². The second-order valence-electron chi connectivity index (χ2n) is 4.43. The third-order valence-electron chi connectivity index (χ3n) is 2.98. The largest absolute Gasteiger partial charge is 0.399 e. The van der Waals surface area contributed by atoms with E-state index in [0.717, 1.165) is 0 Å². The Balaban J connectivity index is 2.40. The van der Waals surface area contributed by atoms with E-state index in [1.54, 1.807) is 11.5 Å². The zero-order valence-electron chi connectivity index (χ0n) is 11.7. The SMILES string of the molecule is CCn1cc(S(=O)(=O)Nc2ccc(N)cc2C#N)nc1C. The average molecular weight is 305 g/mol. The van der Waals surface area contributed by atoms with Crippen LogP contribution < -0.4 is 10.5 Å². The molecule has 0 fully saturated rings. The van der Waals surface area contributed by atoms with Crippen molar-refractivity contribution in [3.05, 3.63) is 35.8 Å². The van der Waals surface area contributed by atoms with Gasteiger partial charge in [-0.1, -0.05) is 0 Å². The average Bonchev–Trinajstić information content (AvgIpc) is 2.82. The number of nitrogen functional groups attached to an aromatic ring is 1. The van der Waals surface area contributed by atoms with Crippen molar-refractivity contribution < 1.29 is 8.42 Å². The van der Waals surface area contributed by atoms with E-state index in [1.807, 2.05) is 13.0 Å². The Morgan fingerprint density at radius 2 is 2.19 bits per heavy atom. The zero-order valence-corrected chi connectivity index (χ0v) is 12.5. The highest BCUT2D eigenvalue weighted by Gasteiger charge is 2.20. The van der Waals surface area contributed by atoms with Crippen molar-refractivity contribution >= 4 is 21.4 Å². The van der Waals surface area contributed by atoms with E-state index in [2.05, 4.69) is 9.71 Å². The third kappa shape index (κ3) is 2.98. The maximum absolute atomic E-state index is 12.3. The molecule has 0 saturated heterocycles. The lowest BCUT2D eigenvalue weighted by Gasteiger charge is -2.08. The second-order valence-corrected chi connectivity index (χ2v) is 6.06. The normalized spacial score (nSPS) is 11.1. The number of aromatic nitrogens is 2. The van der Waals surface area contributed by atoms with Crippen LogP contribution in [0.15, 0.2) is 29.4 Å². The van der Waals surface area contributed by atoms with E-state index in [4.69, 9.17) is 11.0 Å². The number of hydrogen-bond donors (Lipinski definition) is 2. The minimum Gasteiger partial charge on any atom is -0.399 e. The molecule has 0 aliphatic carbocycles. The number of benzene rings is 1. The number of rotatable bonds is 4. The van der Waals surface area contributed by atoms with Crippen LogP contribution >= 0.6 is 0 Å². The predicted molar refractivity (Wildman–Crippen MR) is 79.0 cm³/mol. The number of aryl methyl sites for hydroxylation is 2. The van der Waals surface area contributed by atoms with Crippen LogP contribution in [0.25, 0.3) is 0 Å². The Hall–Kier alpha value is -2.53. The first-order valence-electron chi connectivity index (χ1n) is 6.23. The summed E-state index contributed by atoms with van der Waals surface area (Å²) in [6.07, 6.45) is 1.46. The Kier molecular flexibility index (Phi) is 3.86. The van der Waals surface area contributed by atoms with Gasteiger partial charge in [0.2, 0.25) is 0 Å². The molecule has 0 amide bonds. The lowest BCUT2D eigenvalue weighted by atomic mass is 10.2. The van der Waals surface area contributed by atoms with Crippen molar-refractivity contribution in [2.24, 2.45) is 0 Å². The van der Waals surface area contributed by atoms with E-state index < -0.39 is 10.0 Å². The molecule has 0 radical (unpaired) electrons. The number of anilines is 2. The number of imidazole rings is 1. The minimum atomic E-state index is -3.84. The van der Waals surface area contributed by atoms with Crippen LogP contribution in [0.3, 0.4) is 0 Å². The summed E-state index contributed by atoms with van der Waals surface area (Å²) < 4.78 is 28.7. The summed E-state index contributed by atoms with van der Waals surface area (Å²) in [6.45, 7) is 4.25. The monoisotopic (exact) mass is 305 g/mol. The summed E-state index contributed by atoms with van der Waals surface area (Å²) in [6, 6.07) is 6.29. The molecule has 21 heavy (non-hydrogen) atoms. The van der Waals surface area contributed by atoms with Gasteiger partial charge in [-0.05, 0) is 32.0 Å². The van der Waals surface area contributed by atoms with Crippen LogP contribution in [-0.4, -0.2) is 18.0 Å². The zero-order chi connectivity index (χ0) is 15.6. The first-order valence-corrected chi connectivity index (χ1v) is 7.72. The van der Waals surface area contributed by atoms with Crippen LogP contribution in [-0.2, 0) is 16.6 Å². The van der Waals surface area contributed by atoms with E-state index in [-0.39, 0.29) is 16.3 Å². The van der Waals surface area contributed by atoms with Crippen molar-refractivity contribution in [1.82, 2.24) is 9.55 Å². The van der Waals surface area contributed by atoms with Gasteiger partial charge in [0.1, 0.15) is 11.9 Å². The third-order valence-corrected chi connectivity index (χ3v) is 4.21. The van der Waals surface area contributed by atoms with Gasteiger partial charge in [-0.25, -0.2) is 4.98 Å². The molecule has 3 N–H and O–H groups in total. The van der Waals surface area contributed by atoms with Gasteiger partial charge in [-0.2, -0.15) is 13.7 Å². The molecule has 2 rings (SSSR count). The van der Waals surface area contributed by atoms with Gasteiger partial charge in [0.25, 0.3) is 10.0 Å². The highest BCUT2D eigenvalue weighted by atomic mass is 32.2. The number of hydrogen-bond acceptors (Lipinski definition) is 5. The number of nitrogens with one attached hydrogen (secondary N) is 1. The molecule has 1 aromatic carbocycles. The van der Waals surface area contributed by atoms with Crippen LogP contribution in [0.5, 0.6) is 0 Å². The Labute approximate surface area is 123 Å². The highest BCUT2D eigenvalue weighted by molar-refractivity contribution is 7.92. The van der Waals surface area contributed by atoms with Crippen LogP contribution in [0.1, 0.15) is 18.3 Å². The van der Waals surface area contributed by atoms with Gasteiger partial charge in [-0.15, -0.1) is 0 Å². The van der Waals surface area contributed by atoms with Crippen molar-refractivity contribution in [2.75, 3.05) is 10.5 Å². The van der Waals surface area contributed by atoms with Crippen LogP contribution in [0.2, 0.25) is 0 Å². The van der Waals surface area contributed by atoms with Gasteiger partial charge in [0.05, 0.1) is 11.3 Å². The molecule has 0 bridgehead atoms. The molecule has 0 aliphatic rings. The van der Waals surface area contributed by atoms with Gasteiger partial charge in [0.15, 0.2) is 5.03 Å². The quantitative estimate of drug-likeness (QED) is 0.830. The number of nitriles is 1. The smallest absolute Gasteiger partial charge is 0.280 e. The Morgan fingerprint density at radius 3 is 2.76 bits per heavy atom. The molecular formula is C13H15N5O2S.